The Hall–Kier alpha value is -1.91. The number of rotatable bonds is 3. The summed E-state index contributed by atoms with van der Waals surface area (Å²) < 4.78 is 1.82. The third-order valence-electron chi connectivity index (χ3n) is 2.90. The van der Waals surface area contributed by atoms with E-state index in [1.54, 1.807) is 0 Å². The lowest BCUT2D eigenvalue weighted by molar-refractivity contribution is 0.806. The summed E-state index contributed by atoms with van der Waals surface area (Å²) in [6.07, 6.45) is 4.50. The molecule has 0 aliphatic heterocycles. The van der Waals surface area contributed by atoms with E-state index < -0.39 is 0 Å². The lowest BCUT2D eigenvalue weighted by Crippen LogP contribution is -2.05. The van der Waals surface area contributed by atoms with Gasteiger partial charge in [-0.3, -0.25) is 0 Å². The molecule has 0 spiro atoms. The Morgan fingerprint density at radius 2 is 2.18 bits per heavy atom. The van der Waals surface area contributed by atoms with E-state index in [4.69, 9.17) is 0 Å². The number of hydrogen-bond acceptors (Lipinski definition) is 4. The Bertz CT molecular complexity index is 542. The molecular formula is C12H15N5. The average Bonchev–Trinajstić information content (AvgIpc) is 3.06. The molecule has 1 aliphatic rings. The summed E-state index contributed by atoms with van der Waals surface area (Å²) in [5.41, 5.74) is 2.11. The third kappa shape index (κ3) is 2.00. The van der Waals surface area contributed by atoms with Crippen molar-refractivity contribution in [3.05, 3.63) is 29.7 Å². The minimum Gasteiger partial charge on any atom is -0.357 e. The van der Waals surface area contributed by atoms with E-state index in [1.165, 1.54) is 18.5 Å². The normalized spacial score (nSPS) is 14.9. The van der Waals surface area contributed by atoms with Gasteiger partial charge in [0.15, 0.2) is 5.82 Å². The van der Waals surface area contributed by atoms with Gasteiger partial charge in [0.05, 0.1) is 5.69 Å². The number of anilines is 1. The Morgan fingerprint density at radius 1 is 1.35 bits per heavy atom. The molecule has 1 saturated carbocycles. The van der Waals surface area contributed by atoms with E-state index in [0.29, 0.717) is 11.9 Å². The smallest absolute Gasteiger partial charge is 0.224 e. The van der Waals surface area contributed by atoms with Gasteiger partial charge in [-0.15, -0.1) is 0 Å². The van der Waals surface area contributed by atoms with Crippen LogP contribution in [0.3, 0.4) is 0 Å². The first-order chi connectivity index (χ1) is 8.26. The third-order valence-corrected chi connectivity index (χ3v) is 2.90. The Kier molecular flexibility index (Phi) is 2.31. The highest BCUT2D eigenvalue weighted by molar-refractivity contribution is 5.34. The number of nitrogens with zero attached hydrogens (tertiary/aromatic N) is 4. The van der Waals surface area contributed by atoms with E-state index >= 15 is 0 Å². The van der Waals surface area contributed by atoms with Crippen molar-refractivity contribution in [1.82, 2.24) is 19.7 Å². The van der Waals surface area contributed by atoms with Crippen molar-refractivity contribution in [2.75, 3.05) is 12.4 Å². The topological polar surface area (TPSA) is 55.6 Å². The molecule has 1 N–H and O–H groups in total. The van der Waals surface area contributed by atoms with E-state index in [1.807, 2.05) is 30.9 Å². The molecule has 0 aromatic carbocycles. The summed E-state index contributed by atoms with van der Waals surface area (Å²) in [7, 11) is 1.82. The molecule has 2 heterocycles. The van der Waals surface area contributed by atoms with Crippen LogP contribution in [0.15, 0.2) is 18.3 Å². The molecule has 0 saturated heterocycles. The highest BCUT2D eigenvalue weighted by Gasteiger charge is 2.26. The van der Waals surface area contributed by atoms with Crippen LogP contribution in [-0.4, -0.2) is 26.8 Å². The zero-order chi connectivity index (χ0) is 11.8. The highest BCUT2D eigenvalue weighted by Crippen LogP contribution is 2.38. The highest BCUT2D eigenvalue weighted by atomic mass is 15.3. The van der Waals surface area contributed by atoms with Gasteiger partial charge in [0.1, 0.15) is 0 Å². The fourth-order valence-corrected chi connectivity index (χ4v) is 1.84. The standard InChI is InChI=1S/C12H15N5/c1-8-7-11(15-12(13-2)14-8)17-6-5-10(16-17)9-3-4-9/h5-7,9H,3-4H2,1-2H3,(H,13,14,15). The second-order valence-corrected chi connectivity index (χ2v) is 4.40. The van der Waals surface area contributed by atoms with Gasteiger partial charge in [-0.2, -0.15) is 10.1 Å². The summed E-state index contributed by atoms with van der Waals surface area (Å²) >= 11 is 0. The first-order valence-corrected chi connectivity index (χ1v) is 5.85. The van der Waals surface area contributed by atoms with Crippen LogP contribution < -0.4 is 5.32 Å². The van der Waals surface area contributed by atoms with Crippen molar-refractivity contribution >= 4 is 5.95 Å². The molecule has 1 aliphatic carbocycles. The van der Waals surface area contributed by atoms with Gasteiger partial charge in [-0.05, 0) is 25.8 Å². The van der Waals surface area contributed by atoms with Crippen LogP contribution in [0.2, 0.25) is 0 Å². The minimum atomic E-state index is 0.628. The van der Waals surface area contributed by atoms with Crippen molar-refractivity contribution in [2.45, 2.75) is 25.7 Å². The van der Waals surface area contributed by atoms with Gasteiger partial charge in [0.2, 0.25) is 5.95 Å². The molecule has 5 heteroatoms. The largest absolute Gasteiger partial charge is 0.357 e. The van der Waals surface area contributed by atoms with Crippen molar-refractivity contribution in [1.29, 1.82) is 0 Å². The second-order valence-electron chi connectivity index (χ2n) is 4.40. The Balaban J connectivity index is 1.98. The summed E-state index contributed by atoms with van der Waals surface area (Å²) in [6.45, 7) is 1.96. The molecule has 17 heavy (non-hydrogen) atoms. The quantitative estimate of drug-likeness (QED) is 0.873. The molecule has 1 fully saturated rings. The molecule has 0 bridgehead atoms. The van der Waals surface area contributed by atoms with E-state index in [0.717, 1.165) is 11.5 Å². The molecule has 0 radical (unpaired) electrons. The zero-order valence-electron chi connectivity index (χ0n) is 10.0. The fourth-order valence-electron chi connectivity index (χ4n) is 1.84. The van der Waals surface area contributed by atoms with Crippen LogP contribution in [0.25, 0.3) is 5.82 Å². The number of hydrogen-bond donors (Lipinski definition) is 1. The lowest BCUT2D eigenvalue weighted by atomic mass is 10.3. The minimum absolute atomic E-state index is 0.628. The number of aryl methyl sites for hydroxylation is 1. The first kappa shape index (κ1) is 10.3. The summed E-state index contributed by atoms with van der Waals surface area (Å²) in [5.74, 6) is 2.11. The molecule has 88 valence electrons. The SMILES string of the molecule is CNc1nc(C)cc(-n2ccc(C3CC3)n2)n1. The van der Waals surface area contributed by atoms with Crippen LogP contribution in [0, 0.1) is 6.92 Å². The van der Waals surface area contributed by atoms with Gasteiger partial charge >= 0.3 is 0 Å². The van der Waals surface area contributed by atoms with Crippen LogP contribution >= 0.6 is 0 Å². The number of aromatic nitrogens is 4. The van der Waals surface area contributed by atoms with Crippen LogP contribution in [0.1, 0.15) is 30.1 Å². The summed E-state index contributed by atoms with van der Waals surface area (Å²) in [4.78, 5) is 8.66. The molecule has 0 unspecified atom stereocenters. The summed E-state index contributed by atoms with van der Waals surface area (Å²) in [5, 5.41) is 7.51. The maximum atomic E-state index is 4.56. The van der Waals surface area contributed by atoms with Crippen molar-refractivity contribution in [2.24, 2.45) is 0 Å². The molecule has 2 aromatic heterocycles. The Labute approximate surface area is 99.9 Å². The maximum Gasteiger partial charge on any atom is 0.224 e. The average molecular weight is 229 g/mol. The monoisotopic (exact) mass is 229 g/mol. The van der Waals surface area contributed by atoms with Gasteiger partial charge in [0, 0.05) is 30.9 Å². The van der Waals surface area contributed by atoms with Crippen LogP contribution in [0.4, 0.5) is 5.95 Å². The van der Waals surface area contributed by atoms with E-state index in [2.05, 4.69) is 26.4 Å². The van der Waals surface area contributed by atoms with Gasteiger partial charge in [-0.1, -0.05) is 0 Å². The number of nitrogens with one attached hydrogen (secondary N) is 1. The molecule has 2 aromatic rings. The van der Waals surface area contributed by atoms with Crippen LogP contribution in [0.5, 0.6) is 0 Å². The predicted molar refractivity (Wildman–Crippen MR) is 65.4 cm³/mol. The van der Waals surface area contributed by atoms with E-state index in [-0.39, 0.29) is 0 Å². The molecule has 0 atom stereocenters. The zero-order valence-corrected chi connectivity index (χ0v) is 10.0. The molecular weight excluding hydrogens is 214 g/mol. The first-order valence-electron chi connectivity index (χ1n) is 5.85. The van der Waals surface area contributed by atoms with Crippen LogP contribution in [-0.2, 0) is 0 Å². The fraction of sp³-hybridized carbons (Fsp3) is 0.417. The lowest BCUT2D eigenvalue weighted by Gasteiger charge is -2.04. The predicted octanol–water partition coefficient (Wildman–Crippen LogP) is 1.89. The Morgan fingerprint density at radius 3 is 2.88 bits per heavy atom. The maximum absolute atomic E-state index is 4.56. The van der Waals surface area contributed by atoms with E-state index in [9.17, 15) is 0 Å². The van der Waals surface area contributed by atoms with Crippen molar-refractivity contribution < 1.29 is 0 Å². The molecule has 0 amide bonds. The van der Waals surface area contributed by atoms with Gasteiger partial charge in [0.25, 0.3) is 0 Å². The molecule has 3 rings (SSSR count). The molecule has 5 nitrogen and oxygen atoms in total. The van der Waals surface area contributed by atoms with Crippen molar-refractivity contribution in [3.8, 4) is 5.82 Å². The second kappa shape index (κ2) is 3.84. The van der Waals surface area contributed by atoms with Gasteiger partial charge in [-0.25, -0.2) is 9.67 Å². The van der Waals surface area contributed by atoms with Gasteiger partial charge < -0.3 is 5.32 Å². The summed E-state index contributed by atoms with van der Waals surface area (Å²) in [6, 6.07) is 4.01. The van der Waals surface area contributed by atoms with Crippen molar-refractivity contribution in [3.63, 3.8) is 0 Å².